The van der Waals surface area contributed by atoms with Crippen LogP contribution in [0.25, 0.3) is 0 Å². The standard InChI is InChI=1S/C8H17FO/c1-2-8(10)6-4-3-5-7-9/h8,10H,2-7H2,1H3. The fourth-order valence-corrected chi connectivity index (χ4v) is 0.855. The van der Waals surface area contributed by atoms with Crippen LogP contribution < -0.4 is 0 Å². The molecule has 0 rings (SSSR count). The van der Waals surface area contributed by atoms with Gasteiger partial charge in [0.15, 0.2) is 0 Å². The summed E-state index contributed by atoms with van der Waals surface area (Å²) in [5.41, 5.74) is 0. The van der Waals surface area contributed by atoms with E-state index in [-0.39, 0.29) is 12.8 Å². The first-order chi connectivity index (χ1) is 4.81. The molecule has 0 aromatic heterocycles. The molecule has 0 aliphatic rings. The van der Waals surface area contributed by atoms with Crippen LogP contribution in [0.3, 0.4) is 0 Å². The normalized spacial score (nSPS) is 13.5. The lowest BCUT2D eigenvalue weighted by Crippen LogP contribution is -2.03. The monoisotopic (exact) mass is 148 g/mol. The Kier molecular flexibility index (Phi) is 6.93. The Morgan fingerprint density at radius 3 is 2.50 bits per heavy atom. The van der Waals surface area contributed by atoms with Gasteiger partial charge in [-0.25, -0.2) is 0 Å². The quantitative estimate of drug-likeness (QED) is 0.573. The van der Waals surface area contributed by atoms with Crippen molar-refractivity contribution in [2.24, 2.45) is 0 Å². The van der Waals surface area contributed by atoms with Crippen molar-refractivity contribution >= 4 is 0 Å². The first-order valence-electron chi connectivity index (χ1n) is 4.05. The molecule has 2 heteroatoms. The second kappa shape index (κ2) is 7.00. The number of halogens is 1. The van der Waals surface area contributed by atoms with Gasteiger partial charge in [0.25, 0.3) is 0 Å². The molecule has 62 valence electrons. The summed E-state index contributed by atoms with van der Waals surface area (Å²) in [7, 11) is 0. The van der Waals surface area contributed by atoms with Crippen molar-refractivity contribution in [3.8, 4) is 0 Å². The van der Waals surface area contributed by atoms with E-state index in [4.69, 9.17) is 5.11 Å². The Balaban J connectivity index is 2.89. The summed E-state index contributed by atoms with van der Waals surface area (Å²) in [5, 5.41) is 9.06. The molecule has 0 aliphatic heterocycles. The maximum Gasteiger partial charge on any atom is 0.0894 e. The lowest BCUT2D eigenvalue weighted by Gasteiger charge is -2.05. The van der Waals surface area contributed by atoms with Crippen LogP contribution in [0.15, 0.2) is 0 Å². The topological polar surface area (TPSA) is 20.2 Å². The molecular formula is C8H17FO. The lowest BCUT2D eigenvalue weighted by molar-refractivity contribution is 0.156. The van der Waals surface area contributed by atoms with Crippen molar-refractivity contribution in [3.63, 3.8) is 0 Å². The number of rotatable bonds is 6. The molecule has 0 saturated carbocycles. The second-order valence-corrected chi connectivity index (χ2v) is 2.60. The number of alkyl halides is 1. The fourth-order valence-electron chi connectivity index (χ4n) is 0.855. The highest BCUT2D eigenvalue weighted by molar-refractivity contribution is 4.52. The van der Waals surface area contributed by atoms with Crippen LogP contribution in [0.4, 0.5) is 4.39 Å². The number of hydrogen-bond donors (Lipinski definition) is 1. The van der Waals surface area contributed by atoms with Crippen LogP contribution in [0, 0.1) is 0 Å². The predicted octanol–water partition coefficient (Wildman–Crippen LogP) is 2.29. The largest absolute Gasteiger partial charge is 0.393 e. The Morgan fingerprint density at radius 2 is 2.00 bits per heavy atom. The first-order valence-corrected chi connectivity index (χ1v) is 4.05. The van der Waals surface area contributed by atoms with E-state index in [9.17, 15) is 4.39 Å². The van der Waals surface area contributed by atoms with Crippen LogP contribution in [0.1, 0.15) is 39.0 Å². The molecule has 0 aromatic rings. The summed E-state index contributed by atoms with van der Waals surface area (Å²) < 4.78 is 11.5. The molecule has 0 amide bonds. The van der Waals surface area contributed by atoms with Crippen molar-refractivity contribution in [2.75, 3.05) is 6.67 Å². The minimum atomic E-state index is -0.220. The molecule has 0 aliphatic carbocycles. The van der Waals surface area contributed by atoms with E-state index < -0.39 is 0 Å². The number of aliphatic hydroxyl groups is 1. The zero-order chi connectivity index (χ0) is 7.82. The number of aliphatic hydroxyl groups excluding tert-OH is 1. The highest BCUT2D eigenvalue weighted by atomic mass is 19.1. The van der Waals surface area contributed by atoms with Crippen molar-refractivity contribution < 1.29 is 9.50 Å². The van der Waals surface area contributed by atoms with Gasteiger partial charge in [-0.15, -0.1) is 0 Å². The maximum atomic E-state index is 11.5. The summed E-state index contributed by atoms with van der Waals surface area (Å²) >= 11 is 0. The zero-order valence-electron chi connectivity index (χ0n) is 6.65. The smallest absolute Gasteiger partial charge is 0.0894 e. The van der Waals surface area contributed by atoms with Crippen LogP contribution in [0.5, 0.6) is 0 Å². The molecule has 0 aromatic carbocycles. The van der Waals surface area contributed by atoms with Gasteiger partial charge in [0.2, 0.25) is 0 Å². The van der Waals surface area contributed by atoms with E-state index in [2.05, 4.69) is 0 Å². The van der Waals surface area contributed by atoms with Gasteiger partial charge in [0.05, 0.1) is 12.8 Å². The third-order valence-electron chi connectivity index (χ3n) is 1.64. The first kappa shape index (κ1) is 9.89. The summed E-state index contributed by atoms with van der Waals surface area (Å²) in [4.78, 5) is 0. The van der Waals surface area contributed by atoms with E-state index in [1.807, 2.05) is 6.92 Å². The number of unbranched alkanes of at least 4 members (excludes halogenated alkanes) is 2. The maximum absolute atomic E-state index is 11.5. The minimum Gasteiger partial charge on any atom is -0.393 e. The van der Waals surface area contributed by atoms with Crippen molar-refractivity contribution in [1.29, 1.82) is 0 Å². The summed E-state index contributed by atoms with van der Waals surface area (Å²) in [5.74, 6) is 0. The van der Waals surface area contributed by atoms with Crippen molar-refractivity contribution in [3.05, 3.63) is 0 Å². The SMILES string of the molecule is CCC(O)CCCCCF. The molecule has 0 fully saturated rings. The summed E-state index contributed by atoms with van der Waals surface area (Å²) in [6.45, 7) is 1.74. The number of hydrogen-bond acceptors (Lipinski definition) is 1. The lowest BCUT2D eigenvalue weighted by atomic mass is 10.1. The molecule has 1 atom stereocenters. The van der Waals surface area contributed by atoms with E-state index in [1.54, 1.807) is 0 Å². The van der Waals surface area contributed by atoms with E-state index in [1.165, 1.54) is 0 Å². The van der Waals surface area contributed by atoms with Gasteiger partial charge < -0.3 is 5.11 Å². The molecule has 1 nitrogen and oxygen atoms in total. The highest BCUT2D eigenvalue weighted by Crippen LogP contribution is 2.05. The molecule has 0 bridgehead atoms. The van der Waals surface area contributed by atoms with Crippen LogP contribution in [-0.2, 0) is 0 Å². The Hall–Kier alpha value is -0.110. The van der Waals surface area contributed by atoms with Crippen LogP contribution >= 0.6 is 0 Å². The average molecular weight is 148 g/mol. The summed E-state index contributed by atoms with van der Waals surface area (Å²) in [6.07, 6.45) is 3.99. The predicted molar refractivity (Wildman–Crippen MR) is 40.7 cm³/mol. The van der Waals surface area contributed by atoms with Gasteiger partial charge >= 0.3 is 0 Å². The van der Waals surface area contributed by atoms with Crippen molar-refractivity contribution in [1.82, 2.24) is 0 Å². The van der Waals surface area contributed by atoms with E-state index in [0.29, 0.717) is 6.42 Å². The summed E-state index contributed by atoms with van der Waals surface area (Å²) in [6, 6.07) is 0. The van der Waals surface area contributed by atoms with Gasteiger partial charge in [-0.2, -0.15) is 0 Å². The molecule has 0 radical (unpaired) electrons. The highest BCUT2D eigenvalue weighted by Gasteiger charge is 1.98. The Labute approximate surface area is 62.3 Å². The Morgan fingerprint density at radius 1 is 1.30 bits per heavy atom. The third kappa shape index (κ3) is 6.02. The molecule has 0 saturated heterocycles. The second-order valence-electron chi connectivity index (χ2n) is 2.60. The minimum absolute atomic E-state index is 0.167. The van der Waals surface area contributed by atoms with E-state index >= 15 is 0 Å². The van der Waals surface area contributed by atoms with Crippen LogP contribution in [0.2, 0.25) is 0 Å². The van der Waals surface area contributed by atoms with Gasteiger partial charge in [-0.3, -0.25) is 4.39 Å². The fraction of sp³-hybridized carbons (Fsp3) is 1.00. The van der Waals surface area contributed by atoms with Crippen molar-refractivity contribution in [2.45, 2.75) is 45.1 Å². The molecule has 1 N–H and O–H groups in total. The van der Waals surface area contributed by atoms with Gasteiger partial charge in [0.1, 0.15) is 0 Å². The Bertz CT molecular complexity index is 66.3. The van der Waals surface area contributed by atoms with Gasteiger partial charge in [-0.05, 0) is 19.3 Å². The molecule has 1 unspecified atom stereocenters. The zero-order valence-corrected chi connectivity index (χ0v) is 6.65. The van der Waals surface area contributed by atoms with Gasteiger partial charge in [0, 0.05) is 0 Å². The van der Waals surface area contributed by atoms with Crippen LogP contribution in [-0.4, -0.2) is 17.9 Å². The van der Waals surface area contributed by atoms with E-state index in [0.717, 1.165) is 25.7 Å². The third-order valence-corrected chi connectivity index (χ3v) is 1.64. The molecular weight excluding hydrogens is 131 g/mol. The average Bonchev–Trinajstić information content (AvgIpc) is 1.98. The molecule has 0 heterocycles. The molecule has 10 heavy (non-hydrogen) atoms. The van der Waals surface area contributed by atoms with Gasteiger partial charge in [-0.1, -0.05) is 19.8 Å². The molecule has 0 spiro atoms.